The first-order valence-corrected chi connectivity index (χ1v) is 6.99. The molecule has 0 fully saturated rings. The number of hydrogen-bond acceptors (Lipinski definition) is 4. The molecule has 0 aliphatic heterocycles. The van der Waals surface area contributed by atoms with Crippen molar-refractivity contribution in [2.45, 2.75) is 39.7 Å². The Balaban J connectivity index is 1.98. The van der Waals surface area contributed by atoms with Gasteiger partial charge in [0.2, 0.25) is 5.91 Å². The summed E-state index contributed by atoms with van der Waals surface area (Å²) in [4.78, 5) is 22.2. The number of H-pyrrole nitrogens is 1. The fourth-order valence-corrected chi connectivity index (χ4v) is 2.55. The Bertz CT molecular complexity index is 588. The summed E-state index contributed by atoms with van der Waals surface area (Å²) in [6.45, 7) is 6.48. The largest absolute Gasteiger partial charge is 0.340 e. The maximum absolute atomic E-state index is 12.3. The van der Waals surface area contributed by atoms with Gasteiger partial charge in [-0.05, 0) is 25.3 Å². The summed E-state index contributed by atoms with van der Waals surface area (Å²) in [6, 6.07) is 0. The first-order chi connectivity index (χ1) is 9.99. The summed E-state index contributed by atoms with van der Waals surface area (Å²) < 4.78 is 0. The van der Waals surface area contributed by atoms with Crippen LogP contribution in [0.4, 0.5) is 0 Å². The average molecular weight is 287 g/mol. The third kappa shape index (κ3) is 3.65. The molecule has 2 aromatic rings. The lowest BCUT2D eigenvalue weighted by Crippen LogP contribution is -2.27. The summed E-state index contributed by atoms with van der Waals surface area (Å²) in [6.07, 6.45) is 5.39. The number of rotatable bonds is 5. The van der Waals surface area contributed by atoms with Crippen molar-refractivity contribution in [3.63, 3.8) is 0 Å². The molecule has 0 aliphatic carbocycles. The zero-order chi connectivity index (χ0) is 15.4. The molecule has 0 spiro atoms. The zero-order valence-electron chi connectivity index (χ0n) is 12.9. The molecule has 6 heteroatoms. The summed E-state index contributed by atoms with van der Waals surface area (Å²) in [5.41, 5.74) is 3.92. The first kappa shape index (κ1) is 15.2. The average Bonchev–Trinajstić information content (AvgIpc) is 2.79. The third-order valence-electron chi connectivity index (χ3n) is 3.60. The molecule has 0 saturated carbocycles. The Morgan fingerprint density at radius 1 is 1.38 bits per heavy atom. The number of aromatic amines is 1. The summed E-state index contributed by atoms with van der Waals surface area (Å²) in [5, 5.41) is 7.16. The molecule has 1 unspecified atom stereocenters. The van der Waals surface area contributed by atoms with Gasteiger partial charge in [0.25, 0.3) is 0 Å². The molecule has 1 amide bonds. The van der Waals surface area contributed by atoms with E-state index in [9.17, 15) is 4.79 Å². The molecule has 112 valence electrons. The van der Waals surface area contributed by atoms with Gasteiger partial charge in [-0.15, -0.1) is 0 Å². The summed E-state index contributed by atoms with van der Waals surface area (Å²) in [7, 11) is 1.79. The normalized spacial score (nSPS) is 12.2. The number of aromatic nitrogens is 4. The fraction of sp³-hybridized carbons (Fsp3) is 0.467. The Kier molecular flexibility index (Phi) is 4.67. The standard InChI is InChI=1S/C15H21N5O/c1-10(15-11(2)18-19-12(15)3)7-14(21)20(4)9-13-8-16-5-6-17-13/h5-6,8,10H,7,9H2,1-4H3,(H,18,19). The lowest BCUT2D eigenvalue weighted by molar-refractivity contribution is -0.130. The SMILES string of the molecule is Cc1n[nH]c(C)c1C(C)CC(=O)N(C)Cc1cnccn1. The minimum atomic E-state index is 0.0909. The van der Waals surface area contributed by atoms with Gasteiger partial charge in [-0.3, -0.25) is 19.9 Å². The number of nitrogens with one attached hydrogen (secondary N) is 1. The van der Waals surface area contributed by atoms with Crippen molar-refractivity contribution in [1.29, 1.82) is 0 Å². The highest BCUT2D eigenvalue weighted by atomic mass is 16.2. The van der Waals surface area contributed by atoms with Crippen LogP contribution in [0.15, 0.2) is 18.6 Å². The van der Waals surface area contributed by atoms with Crippen molar-refractivity contribution in [2.75, 3.05) is 7.05 Å². The highest BCUT2D eigenvalue weighted by Crippen LogP contribution is 2.25. The molecule has 21 heavy (non-hydrogen) atoms. The Morgan fingerprint density at radius 3 is 2.71 bits per heavy atom. The second-order valence-electron chi connectivity index (χ2n) is 5.40. The van der Waals surface area contributed by atoms with E-state index in [0.717, 1.165) is 22.6 Å². The van der Waals surface area contributed by atoms with Crippen LogP contribution in [0.5, 0.6) is 0 Å². The van der Waals surface area contributed by atoms with Crippen LogP contribution in [0.3, 0.4) is 0 Å². The van der Waals surface area contributed by atoms with E-state index in [-0.39, 0.29) is 11.8 Å². The number of hydrogen-bond donors (Lipinski definition) is 1. The predicted octanol–water partition coefficient (Wildman–Crippen LogP) is 1.97. The Hall–Kier alpha value is -2.24. The maximum atomic E-state index is 12.3. The van der Waals surface area contributed by atoms with Gasteiger partial charge in [-0.25, -0.2) is 0 Å². The second-order valence-corrected chi connectivity index (χ2v) is 5.40. The van der Waals surface area contributed by atoms with E-state index in [1.807, 2.05) is 13.8 Å². The topological polar surface area (TPSA) is 74.8 Å². The van der Waals surface area contributed by atoms with E-state index < -0.39 is 0 Å². The third-order valence-corrected chi connectivity index (χ3v) is 3.60. The van der Waals surface area contributed by atoms with E-state index in [2.05, 4.69) is 27.1 Å². The molecule has 1 atom stereocenters. The van der Waals surface area contributed by atoms with Crippen LogP contribution < -0.4 is 0 Å². The van der Waals surface area contributed by atoms with Crippen molar-refractivity contribution in [1.82, 2.24) is 25.1 Å². The monoisotopic (exact) mass is 287 g/mol. The van der Waals surface area contributed by atoms with Crippen LogP contribution in [-0.2, 0) is 11.3 Å². The van der Waals surface area contributed by atoms with Crippen LogP contribution in [0.25, 0.3) is 0 Å². The number of carbonyl (C=O) groups is 1. The molecule has 0 aromatic carbocycles. The summed E-state index contributed by atoms with van der Waals surface area (Å²) in [5.74, 6) is 0.230. The molecule has 2 aromatic heterocycles. The minimum Gasteiger partial charge on any atom is -0.340 e. The molecule has 0 aliphatic rings. The quantitative estimate of drug-likeness (QED) is 0.912. The van der Waals surface area contributed by atoms with Gasteiger partial charge in [0.1, 0.15) is 0 Å². The minimum absolute atomic E-state index is 0.0909. The van der Waals surface area contributed by atoms with E-state index in [1.165, 1.54) is 0 Å². The number of amides is 1. The van der Waals surface area contributed by atoms with Gasteiger partial charge in [0.15, 0.2) is 0 Å². The lowest BCUT2D eigenvalue weighted by atomic mass is 9.95. The molecule has 2 heterocycles. The van der Waals surface area contributed by atoms with Crippen LogP contribution in [-0.4, -0.2) is 38.0 Å². The molecule has 6 nitrogen and oxygen atoms in total. The zero-order valence-corrected chi connectivity index (χ0v) is 12.9. The van der Waals surface area contributed by atoms with Crippen LogP contribution in [0.2, 0.25) is 0 Å². The van der Waals surface area contributed by atoms with Gasteiger partial charge in [0.05, 0.1) is 24.1 Å². The van der Waals surface area contributed by atoms with Crippen molar-refractivity contribution in [2.24, 2.45) is 0 Å². The van der Waals surface area contributed by atoms with E-state index in [4.69, 9.17) is 0 Å². The van der Waals surface area contributed by atoms with E-state index >= 15 is 0 Å². The fourth-order valence-electron chi connectivity index (χ4n) is 2.55. The molecular weight excluding hydrogens is 266 g/mol. The first-order valence-electron chi connectivity index (χ1n) is 6.99. The Morgan fingerprint density at radius 2 is 2.14 bits per heavy atom. The van der Waals surface area contributed by atoms with Crippen molar-refractivity contribution < 1.29 is 4.79 Å². The van der Waals surface area contributed by atoms with Crippen LogP contribution in [0, 0.1) is 13.8 Å². The molecule has 0 radical (unpaired) electrons. The smallest absolute Gasteiger partial charge is 0.223 e. The van der Waals surface area contributed by atoms with E-state index in [0.29, 0.717) is 13.0 Å². The molecule has 1 N–H and O–H groups in total. The van der Waals surface area contributed by atoms with Crippen LogP contribution >= 0.6 is 0 Å². The summed E-state index contributed by atoms with van der Waals surface area (Å²) >= 11 is 0. The van der Waals surface area contributed by atoms with Gasteiger partial charge in [-0.2, -0.15) is 5.10 Å². The van der Waals surface area contributed by atoms with Gasteiger partial charge in [-0.1, -0.05) is 6.92 Å². The Labute approximate surface area is 124 Å². The molecule has 2 rings (SSSR count). The van der Waals surface area contributed by atoms with Crippen molar-refractivity contribution in [3.8, 4) is 0 Å². The number of aryl methyl sites for hydroxylation is 2. The van der Waals surface area contributed by atoms with Crippen molar-refractivity contribution >= 4 is 5.91 Å². The number of carbonyl (C=O) groups excluding carboxylic acids is 1. The van der Waals surface area contributed by atoms with E-state index in [1.54, 1.807) is 30.5 Å². The van der Waals surface area contributed by atoms with Crippen LogP contribution in [0.1, 0.15) is 41.9 Å². The second kappa shape index (κ2) is 6.47. The number of nitrogens with zero attached hydrogens (tertiary/aromatic N) is 4. The van der Waals surface area contributed by atoms with Gasteiger partial charge >= 0.3 is 0 Å². The maximum Gasteiger partial charge on any atom is 0.223 e. The molecule has 0 bridgehead atoms. The molecule has 0 saturated heterocycles. The lowest BCUT2D eigenvalue weighted by Gasteiger charge is -2.19. The molecular formula is C15H21N5O. The highest BCUT2D eigenvalue weighted by Gasteiger charge is 2.19. The van der Waals surface area contributed by atoms with Gasteiger partial charge in [0, 0.05) is 31.6 Å². The van der Waals surface area contributed by atoms with Gasteiger partial charge < -0.3 is 4.90 Å². The predicted molar refractivity (Wildman–Crippen MR) is 79.6 cm³/mol. The highest BCUT2D eigenvalue weighted by molar-refractivity contribution is 5.76. The van der Waals surface area contributed by atoms with Crippen molar-refractivity contribution in [3.05, 3.63) is 41.2 Å².